The van der Waals surface area contributed by atoms with Crippen LogP contribution in [0.3, 0.4) is 0 Å². The van der Waals surface area contributed by atoms with E-state index < -0.39 is 11.2 Å². The Bertz CT molecular complexity index is 1010. The molecule has 2 unspecified atom stereocenters. The standard InChI is InChI=1S/C20H15BrO2/c1-3-19(22)14-7-5-6-12-8-9-13-16(21)11-10-15(18(13)17(12)14)20(19,23)4-2/h3-11,22-23H,1-2H2. The third-order valence-electron chi connectivity index (χ3n) is 4.96. The molecular formula is C20H15BrO2. The zero-order chi connectivity index (χ0) is 16.4. The maximum absolute atomic E-state index is 11.3. The van der Waals surface area contributed by atoms with Crippen molar-refractivity contribution >= 4 is 37.5 Å². The summed E-state index contributed by atoms with van der Waals surface area (Å²) in [7, 11) is 0. The monoisotopic (exact) mass is 366 g/mol. The Hall–Kier alpha value is -1.94. The molecule has 0 aliphatic heterocycles. The van der Waals surface area contributed by atoms with Gasteiger partial charge in [0, 0.05) is 4.47 Å². The molecule has 0 bridgehead atoms. The summed E-state index contributed by atoms with van der Waals surface area (Å²) in [5.74, 6) is 0. The molecule has 4 rings (SSSR count). The molecule has 2 nitrogen and oxygen atoms in total. The van der Waals surface area contributed by atoms with Crippen LogP contribution in [-0.2, 0) is 11.2 Å². The number of halogens is 1. The van der Waals surface area contributed by atoms with E-state index in [-0.39, 0.29) is 0 Å². The van der Waals surface area contributed by atoms with E-state index in [9.17, 15) is 10.2 Å². The summed E-state index contributed by atoms with van der Waals surface area (Å²) < 4.78 is 0.948. The summed E-state index contributed by atoms with van der Waals surface area (Å²) in [5.41, 5.74) is -2.00. The Balaban J connectivity index is 2.40. The fourth-order valence-electron chi connectivity index (χ4n) is 3.76. The van der Waals surface area contributed by atoms with Gasteiger partial charge in [0.1, 0.15) is 11.2 Å². The molecule has 1 aliphatic rings. The second-order valence-corrected chi connectivity index (χ2v) is 6.78. The lowest BCUT2D eigenvalue weighted by atomic mass is 9.66. The summed E-state index contributed by atoms with van der Waals surface area (Å²) >= 11 is 3.58. The third-order valence-corrected chi connectivity index (χ3v) is 5.65. The molecule has 0 aromatic heterocycles. The predicted molar refractivity (Wildman–Crippen MR) is 97.3 cm³/mol. The molecule has 2 N–H and O–H groups in total. The number of benzene rings is 3. The highest BCUT2D eigenvalue weighted by Crippen LogP contribution is 2.53. The fraction of sp³-hybridized carbons (Fsp3) is 0.100. The number of hydrogen-bond acceptors (Lipinski definition) is 2. The Morgan fingerprint density at radius 1 is 0.826 bits per heavy atom. The van der Waals surface area contributed by atoms with Crippen molar-refractivity contribution < 1.29 is 10.2 Å². The molecule has 23 heavy (non-hydrogen) atoms. The van der Waals surface area contributed by atoms with Crippen LogP contribution in [0.1, 0.15) is 11.1 Å². The summed E-state index contributed by atoms with van der Waals surface area (Å²) in [5, 5.41) is 26.6. The van der Waals surface area contributed by atoms with Crippen molar-refractivity contribution in [1.29, 1.82) is 0 Å². The van der Waals surface area contributed by atoms with Crippen LogP contribution in [0.4, 0.5) is 0 Å². The normalized spacial score (nSPS) is 25.9. The second kappa shape index (κ2) is 4.54. The lowest BCUT2D eigenvalue weighted by molar-refractivity contribution is -0.102. The van der Waals surface area contributed by atoms with Gasteiger partial charge in [0.25, 0.3) is 0 Å². The minimum Gasteiger partial charge on any atom is -0.377 e. The lowest BCUT2D eigenvalue weighted by Gasteiger charge is -2.44. The molecule has 1 aliphatic carbocycles. The molecule has 3 aromatic rings. The zero-order valence-corrected chi connectivity index (χ0v) is 14.0. The molecule has 114 valence electrons. The van der Waals surface area contributed by atoms with Gasteiger partial charge in [-0.15, -0.1) is 0 Å². The fourth-order valence-corrected chi connectivity index (χ4v) is 4.23. The van der Waals surface area contributed by atoms with E-state index >= 15 is 0 Å². The van der Waals surface area contributed by atoms with E-state index in [4.69, 9.17) is 0 Å². The van der Waals surface area contributed by atoms with Gasteiger partial charge in [-0.05, 0) is 38.7 Å². The SMILES string of the molecule is C=CC1(O)c2cccc3ccc4c(Br)ccc(c4c23)C1(O)C=C. The van der Waals surface area contributed by atoms with Gasteiger partial charge >= 0.3 is 0 Å². The number of rotatable bonds is 2. The molecular weight excluding hydrogens is 352 g/mol. The summed E-state index contributed by atoms with van der Waals surface area (Å²) in [4.78, 5) is 0. The van der Waals surface area contributed by atoms with Gasteiger partial charge in [-0.1, -0.05) is 77.6 Å². The molecule has 0 spiro atoms. The molecule has 2 atom stereocenters. The second-order valence-electron chi connectivity index (χ2n) is 5.93. The van der Waals surface area contributed by atoms with Crippen molar-refractivity contribution in [1.82, 2.24) is 0 Å². The smallest absolute Gasteiger partial charge is 0.144 e. The molecule has 3 heteroatoms. The summed E-state index contributed by atoms with van der Waals surface area (Å²) in [6.45, 7) is 7.55. The Kier molecular flexibility index (Phi) is 2.89. The highest BCUT2D eigenvalue weighted by atomic mass is 79.9. The van der Waals surface area contributed by atoms with Gasteiger partial charge in [0.05, 0.1) is 0 Å². The van der Waals surface area contributed by atoms with Gasteiger partial charge in [-0.25, -0.2) is 0 Å². The van der Waals surface area contributed by atoms with Crippen molar-refractivity contribution in [2.45, 2.75) is 11.2 Å². The van der Waals surface area contributed by atoms with E-state index in [1.165, 1.54) is 12.2 Å². The topological polar surface area (TPSA) is 40.5 Å². The van der Waals surface area contributed by atoms with E-state index in [0.717, 1.165) is 26.0 Å². The summed E-state index contributed by atoms with van der Waals surface area (Å²) in [6, 6.07) is 13.5. The molecule has 0 heterocycles. The Morgan fingerprint density at radius 2 is 1.48 bits per heavy atom. The first kappa shape index (κ1) is 14.6. The van der Waals surface area contributed by atoms with Crippen LogP contribution >= 0.6 is 15.9 Å². The van der Waals surface area contributed by atoms with Gasteiger partial charge in [0.15, 0.2) is 0 Å². The quantitative estimate of drug-likeness (QED) is 0.517. The molecule has 3 aromatic carbocycles. The van der Waals surface area contributed by atoms with Gasteiger partial charge < -0.3 is 10.2 Å². The average Bonchev–Trinajstić information content (AvgIpc) is 2.59. The Labute approximate surface area is 142 Å². The minimum atomic E-state index is -1.64. The van der Waals surface area contributed by atoms with Crippen LogP contribution in [-0.4, -0.2) is 10.2 Å². The minimum absolute atomic E-state index is 0.636. The number of aliphatic hydroxyl groups is 2. The summed E-state index contributed by atoms with van der Waals surface area (Å²) in [6.07, 6.45) is 2.79. The van der Waals surface area contributed by atoms with Crippen molar-refractivity contribution in [3.63, 3.8) is 0 Å². The largest absolute Gasteiger partial charge is 0.377 e. The third kappa shape index (κ3) is 1.55. The Morgan fingerprint density at radius 3 is 2.13 bits per heavy atom. The first-order valence-electron chi connectivity index (χ1n) is 7.35. The van der Waals surface area contributed by atoms with Crippen molar-refractivity contribution in [2.75, 3.05) is 0 Å². The van der Waals surface area contributed by atoms with E-state index in [1.54, 1.807) is 0 Å². The van der Waals surface area contributed by atoms with Crippen LogP contribution in [0.25, 0.3) is 21.5 Å². The van der Waals surface area contributed by atoms with Crippen LogP contribution in [0.2, 0.25) is 0 Å². The van der Waals surface area contributed by atoms with Crippen molar-refractivity contribution in [3.05, 3.63) is 83.4 Å². The van der Waals surface area contributed by atoms with E-state index in [2.05, 4.69) is 29.1 Å². The molecule has 0 saturated carbocycles. The highest BCUT2D eigenvalue weighted by Gasteiger charge is 2.52. The van der Waals surface area contributed by atoms with Crippen molar-refractivity contribution in [2.24, 2.45) is 0 Å². The van der Waals surface area contributed by atoms with Crippen LogP contribution in [0.5, 0.6) is 0 Å². The van der Waals surface area contributed by atoms with Crippen molar-refractivity contribution in [3.8, 4) is 0 Å². The van der Waals surface area contributed by atoms with Crippen LogP contribution in [0, 0.1) is 0 Å². The van der Waals surface area contributed by atoms with Gasteiger partial charge in [0.2, 0.25) is 0 Å². The van der Waals surface area contributed by atoms with Gasteiger partial charge in [-0.3, -0.25) is 0 Å². The van der Waals surface area contributed by atoms with Crippen LogP contribution < -0.4 is 0 Å². The van der Waals surface area contributed by atoms with Gasteiger partial charge in [-0.2, -0.15) is 0 Å². The maximum atomic E-state index is 11.3. The predicted octanol–water partition coefficient (Wildman–Crippen LogP) is 4.52. The molecule has 0 saturated heterocycles. The first-order valence-corrected chi connectivity index (χ1v) is 8.14. The van der Waals surface area contributed by atoms with E-state index in [0.29, 0.717) is 11.1 Å². The van der Waals surface area contributed by atoms with Crippen LogP contribution in [0.15, 0.2) is 72.2 Å². The molecule has 0 fully saturated rings. The lowest BCUT2D eigenvalue weighted by Crippen LogP contribution is -2.48. The molecule has 0 amide bonds. The molecule has 0 radical (unpaired) electrons. The average molecular weight is 367 g/mol. The number of hydrogen-bond donors (Lipinski definition) is 2. The highest BCUT2D eigenvalue weighted by molar-refractivity contribution is 9.10. The van der Waals surface area contributed by atoms with E-state index in [1.807, 2.05) is 42.5 Å². The first-order chi connectivity index (χ1) is 11.0. The maximum Gasteiger partial charge on any atom is 0.144 e. The zero-order valence-electron chi connectivity index (χ0n) is 12.4.